The molecule has 1 fully saturated rings. The molecule has 1 atom stereocenters. The van der Waals surface area contributed by atoms with Crippen LogP contribution in [0.1, 0.15) is 51.0 Å². The molecule has 0 aliphatic heterocycles. The molecule has 1 aliphatic carbocycles. The molecule has 2 rings (SSSR count). The molecule has 0 radical (unpaired) electrons. The highest BCUT2D eigenvalue weighted by Crippen LogP contribution is 2.41. The molecule has 0 spiro atoms. The predicted molar refractivity (Wildman–Crippen MR) is 74.2 cm³/mol. The van der Waals surface area contributed by atoms with Crippen LogP contribution in [0.2, 0.25) is 0 Å². The van der Waals surface area contributed by atoms with E-state index in [0.717, 1.165) is 17.6 Å². The third-order valence-electron chi connectivity index (χ3n) is 4.14. The van der Waals surface area contributed by atoms with Gasteiger partial charge < -0.3 is 5.11 Å². The molecular formula is C15H22OS. The quantitative estimate of drug-likeness (QED) is 0.781. The maximum absolute atomic E-state index is 10.9. The lowest BCUT2D eigenvalue weighted by molar-refractivity contribution is 0.0578. The number of rotatable bonds is 4. The summed E-state index contributed by atoms with van der Waals surface area (Å²) >= 11 is 1.64. The van der Waals surface area contributed by atoms with E-state index < -0.39 is 5.60 Å². The van der Waals surface area contributed by atoms with Gasteiger partial charge in [0.25, 0.3) is 0 Å². The zero-order valence-corrected chi connectivity index (χ0v) is 11.4. The van der Waals surface area contributed by atoms with E-state index in [0.29, 0.717) is 5.92 Å². The van der Waals surface area contributed by atoms with Gasteiger partial charge in [-0.3, -0.25) is 0 Å². The normalized spacial score (nSPS) is 21.1. The molecule has 1 aromatic rings. The first-order valence-corrected chi connectivity index (χ1v) is 7.57. The van der Waals surface area contributed by atoms with Crippen molar-refractivity contribution in [3.63, 3.8) is 0 Å². The van der Waals surface area contributed by atoms with Gasteiger partial charge in [0.1, 0.15) is 5.60 Å². The van der Waals surface area contributed by atoms with E-state index in [1.165, 1.54) is 32.1 Å². The molecule has 0 amide bonds. The summed E-state index contributed by atoms with van der Waals surface area (Å²) in [5.74, 6) is 0.508. The monoisotopic (exact) mass is 250 g/mol. The van der Waals surface area contributed by atoms with Gasteiger partial charge in [-0.25, -0.2) is 0 Å². The molecule has 1 heterocycles. The fourth-order valence-corrected chi connectivity index (χ4v) is 3.63. The molecule has 1 saturated carbocycles. The molecule has 1 aliphatic rings. The van der Waals surface area contributed by atoms with Crippen LogP contribution in [0.4, 0.5) is 0 Å². The van der Waals surface area contributed by atoms with Crippen LogP contribution in [-0.2, 0) is 5.60 Å². The van der Waals surface area contributed by atoms with Gasteiger partial charge in [-0.1, -0.05) is 32.8 Å². The highest BCUT2D eigenvalue weighted by atomic mass is 32.1. The summed E-state index contributed by atoms with van der Waals surface area (Å²) in [5, 5.41) is 15.0. The summed E-state index contributed by atoms with van der Waals surface area (Å²) in [6.45, 7) is 6.28. The summed E-state index contributed by atoms with van der Waals surface area (Å²) in [4.78, 5) is 0. The van der Waals surface area contributed by atoms with E-state index in [9.17, 15) is 5.11 Å². The van der Waals surface area contributed by atoms with Gasteiger partial charge in [-0.15, -0.1) is 0 Å². The lowest BCUT2D eigenvalue weighted by Gasteiger charge is -2.35. The molecule has 1 N–H and O–H groups in total. The first-order chi connectivity index (χ1) is 8.18. The predicted octanol–water partition coefficient (Wildman–Crippen LogP) is 4.48. The van der Waals surface area contributed by atoms with E-state index in [2.05, 4.69) is 12.0 Å². The maximum atomic E-state index is 10.9. The fourth-order valence-electron chi connectivity index (χ4n) is 2.91. The van der Waals surface area contributed by atoms with E-state index in [-0.39, 0.29) is 0 Å². The van der Waals surface area contributed by atoms with Crippen molar-refractivity contribution < 1.29 is 5.11 Å². The van der Waals surface area contributed by atoms with E-state index in [1.54, 1.807) is 11.3 Å². The first-order valence-electron chi connectivity index (χ1n) is 6.63. The molecule has 1 nitrogen and oxygen atoms in total. The van der Waals surface area contributed by atoms with Crippen LogP contribution in [0.3, 0.4) is 0 Å². The number of hydrogen-bond acceptors (Lipinski definition) is 2. The molecule has 0 bridgehead atoms. The Hall–Kier alpha value is -0.600. The number of aliphatic hydroxyl groups is 1. The first kappa shape index (κ1) is 12.8. The summed E-state index contributed by atoms with van der Waals surface area (Å²) in [6.07, 6.45) is 7.03. The maximum Gasteiger partial charge on any atom is 0.111 e. The summed E-state index contributed by atoms with van der Waals surface area (Å²) in [6, 6.07) is 2.03. The van der Waals surface area contributed by atoms with Crippen LogP contribution in [0.5, 0.6) is 0 Å². The van der Waals surface area contributed by atoms with Crippen molar-refractivity contribution in [2.24, 2.45) is 5.92 Å². The topological polar surface area (TPSA) is 20.2 Å². The van der Waals surface area contributed by atoms with Crippen LogP contribution in [0, 0.1) is 5.92 Å². The van der Waals surface area contributed by atoms with Crippen molar-refractivity contribution in [1.29, 1.82) is 0 Å². The molecule has 1 unspecified atom stereocenters. The van der Waals surface area contributed by atoms with Crippen molar-refractivity contribution in [3.8, 4) is 0 Å². The molecule has 0 saturated heterocycles. The van der Waals surface area contributed by atoms with Crippen LogP contribution in [0.25, 0.3) is 0 Å². The minimum atomic E-state index is -0.804. The Labute approximate surface area is 108 Å². The smallest absolute Gasteiger partial charge is 0.111 e. The summed E-state index contributed by atoms with van der Waals surface area (Å²) in [5.41, 5.74) is 1.26. The van der Waals surface area contributed by atoms with Gasteiger partial charge in [0.2, 0.25) is 0 Å². The van der Waals surface area contributed by atoms with E-state index >= 15 is 0 Å². The number of hydrogen-bond donors (Lipinski definition) is 1. The second-order valence-electron chi connectivity index (χ2n) is 5.09. The minimum absolute atomic E-state index is 0.508. The van der Waals surface area contributed by atoms with Crippen molar-refractivity contribution in [1.82, 2.24) is 0 Å². The van der Waals surface area contributed by atoms with Crippen LogP contribution >= 0.6 is 11.3 Å². The van der Waals surface area contributed by atoms with Crippen LogP contribution in [-0.4, -0.2) is 5.11 Å². The number of thiophene rings is 1. The lowest BCUT2D eigenvalue weighted by Crippen LogP contribution is -2.31. The van der Waals surface area contributed by atoms with Crippen molar-refractivity contribution >= 4 is 11.3 Å². The summed E-state index contributed by atoms with van der Waals surface area (Å²) < 4.78 is 0. The standard InChI is InChI=1S/C15H22OS/c1-3-15(16,14-9-10-17-11-14)12(2)13-7-5-4-6-8-13/h9-11,13,16H,2-8H2,1H3. The third kappa shape index (κ3) is 2.48. The average Bonchev–Trinajstić information content (AvgIpc) is 2.92. The Morgan fingerprint density at radius 1 is 1.47 bits per heavy atom. The minimum Gasteiger partial charge on any atom is -0.381 e. The molecule has 17 heavy (non-hydrogen) atoms. The highest BCUT2D eigenvalue weighted by molar-refractivity contribution is 7.08. The Kier molecular flexibility index (Phi) is 4.05. The fraction of sp³-hybridized carbons (Fsp3) is 0.600. The summed E-state index contributed by atoms with van der Waals surface area (Å²) in [7, 11) is 0. The zero-order chi connectivity index (χ0) is 12.3. The average molecular weight is 250 g/mol. The van der Waals surface area contributed by atoms with Gasteiger partial charge in [0, 0.05) is 0 Å². The van der Waals surface area contributed by atoms with E-state index in [4.69, 9.17) is 0 Å². The lowest BCUT2D eigenvalue weighted by atomic mass is 9.74. The van der Waals surface area contributed by atoms with Gasteiger partial charge in [0.05, 0.1) is 0 Å². The van der Waals surface area contributed by atoms with Crippen LogP contribution in [0.15, 0.2) is 29.0 Å². The Bertz CT molecular complexity index is 362. The zero-order valence-electron chi connectivity index (χ0n) is 10.6. The van der Waals surface area contributed by atoms with E-state index in [1.807, 2.05) is 18.4 Å². The molecule has 1 aromatic heterocycles. The SMILES string of the molecule is C=C(C1CCCCC1)C(O)(CC)c1ccsc1. The van der Waals surface area contributed by atoms with Crippen molar-refractivity contribution in [2.45, 2.75) is 51.0 Å². The van der Waals surface area contributed by atoms with Gasteiger partial charge in [-0.2, -0.15) is 11.3 Å². The van der Waals surface area contributed by atoms with Crippen molar-refractivity contribution in [3.05, 3.63) is 34.5 Å². The Balaban J connectivity index is 2.19. The van der Waals surface area contributed by atoms with Gasteiger partial charge in [-0.05, 0) is 53.1 Å². The highest BCUT2D eigenvalue weighted by Gasteiger charge is 2.35. The second kappa shape index (κ2) is 5.36. The Morgan fingerprint density at radius 3 is 2.71 bits per heavy atom. The third-order valence-corrected chi connectivity index (χ3v) is 4.82. The Morgan fingerprint density at radius 2 is 2.18 bits per heavy atom. The van der Waals surface area contributed by atoms with Gasteiger partial charge >= 0.3 is 0 Å². The molecule has 0 aromatic carbocycles. The van der Waals surface area contributed by atoms with Gasteiger partial charge in [0.15, 0.2) is 0 Å². The molecule has 2 heteroatoms. The largest absolute Gasteiger partial charge is 0.381 e. The molecular weight excluding hydrogens is 228 g/mol. The van der Waals surface area contributed by atoms with Crippen LogP contribution < -0.4 is 0 Å². The van der Waals surface area contributed by atoms with Crippen molar-refractivity contribution in [2.75, 3.05) is 0 Å². The second-order valence-corrected chi connectivity index (χ2v) is 5.87. The molecule has 94 valence electrons.